The molecule has 0 fully saturated rings. The minimum Gasteiger partial charge on any atom is -0.493 e. The first-order valence-electron chi connectivity index (χ1n) is 6.36. The Hall–Kier alpha value is -3.03. The van der Waals surface area contributed by atoms with Crippen LogP contribution in [0, 0.1) is 0 Å². The first-order valence-corrected chi connectivity index (χ1v) is 6.36. The number of amides is 1. The fraction of sp³-hybridized carbons (Fsp3) is 0.214. The van der Waals surface area contributed by atoms with Crippen LogP contribution in [-0.2, 0) is 11.2 Å². The molecule has 0 saturated carbocycles. The fourth-order valence-electron chi connectivity index (χ4n) is 1.87. The number of methoxy groups -OCH3 is 2. The van der Waals surface area contributed by atoms with Crippen LogP contribution in [0.1, 0.15) is 5.56 Å². The molecular weight excluding hydrogens is 290 g/mol. The van der Waals surface area contributed by atoms with E-state index in [2.05, 4.69) is 10.3 Å². The van der Waals surface area contributed by atoms with Crippen molar-refractivity contribution in [1.82, 2.24) is 9.97 Å². The minimum absolute atomic E-state index is 0.0231. The highest BCUT2D eigenvalue weighted by atomic mass is 16.5. The molecule has 0 aliphatic heterocycles. The number of rotatable bonds is 5. The van der Waals surface area contributed by atoms with Crippen molar-refractivity contribution in [2.45, 2.75) is 6.42 Å². The van der Waals surface area contributed by atoms with Crippen LogP contribution >= 0.6 is 0 Å². The Bertz CT molecular complexity index is 794. The summed E-state index contributed by atoms with van der Waals surface area (Å²) in [6.45, 7) is 0. The highest BCUT2D eigenvalue weighted by Crippen LogP contribution is 2.27. The topological polar surface area (TPSA) is 113 Å². The summed E-state index contributed by atoms with van der Waals surface area (Å²) in [4.78, 5) is 38.6. The second kappa shape index (κ2) is 6.61. The van der Waals surface area contributed by atoms with E-state index >= 15 is 0 Å². The van der Waals surface area contributed by atoms with Crippen molar-refractivity contribution in [1.29, 1.82) is 0 Å². The monoisotopic (exact) mass is 305 g/mol. The highest BCUT2D eigenvalue weighted by Gasteiger charge is 2.10. The van der Waals surface area contributed by atoms with Crippen molar-refractivity contribution in [2.24, 2.45) is 0 Å². The van der Waals surface area contributed by atoms with Crippen molar-refractivity contribution in [3.63, 3.8) is 0 Å². The lowest BCUT2D eigenvalue weighted by atomic mass is 10.1. The Morgan fingerprint density at radius 1 is 1.18 bits per heavy atom. The van der Waals surface area contributed by atoms with E-state index in [0.29, 0.717) is 17.1 Å². The number of aromatic nitrogens is 2. The van der Waals surface area contributed by atoms with Gasteiger partial charge in [-0.2, -0.15) is 0 Å². The average molecular weight is 305 g/mol. The zero-order chi connectivity index (χ0) is 16.1. The predicted octanol–water partition coefficient (Wildman–Crippen LogP) is 0.262. The third-order valence-electron chi connectivity index (χ3n) is 2.91. The number of carbonyl (C=O) groups is 1. The predicted molar refractivity (Wildman–Crippen MR) is 79.6 cm³/mol. The summed E-state index contributed by atoms with van der Waals surface area (Å²) in [6, 6.07) is 5.09. The number of nitrogens with one attached hydrogen (secondary N) is 3. The summed E-state index contributed by atoms with van der Waals surface area (Å²) in [7, 11) is 3.02. The molecule has 1 aromatic heterocycles. The van der Waals surface area contributed by atoms with E-state index in [1.807, 2.05) is 4.98 Å². The number of aromatic amines is 2. The molecular formula is C14H15N3O5. The molecule has 0 unspecified atom stereocenters. The van der Waals surface area contributed by atoms with Gasteiger partial charge in [0.15, 0.2) is 11.5 Å². The molecule has 3 N–H and O–H groups in total. The molecule has 0 aliphatic carbocycles. The van der Waals surface area contributed by atoms with E-state index in [0.717, 1.165) is 6.20 Å². The normalized spacial score (nSPS) is 10.1. The molecule has 22 heavy (non-hydrogen) atoms. The summed E-state index contributed by atoms with van der Waals surface area (Å²) in [5.74, 6) is 0.670. The van der Waals surface area contributed by atoms with Gasteiger partial charge in [0, 0.05) is 6.20 Å². The average Bonchev–Trinajstić information content (AvgIpc) is 2.50. The molecule has 1 heterocycles. The second-order valence-electron chi connectivity index (χ2n) is 4.40. The Morgan fingerprint density at radius 3 is 2.55 bits per heavy atom. The maximum Gasteiger partial charge on any atom is 0.325 e. The number of benzene rings is 1. The summed E-state index contributed by atoms with van der Waals surface area (Å²) >= 11 is 0. The van der Waals surface area contributed by atoms with Crippen molar-refractivity contribution >= 4 is 11.6 Å². The minimum atomic E-state index is -0.663. The number of hydrogen-bond donors (Lipinski definition) is 3. The van der Waals surface area contributed by atoms with E-state index in [4.69, 9.17) is 9.47 Å². The number of H-pyrrole nitrogens is 2. The lowest BCUT2D eigenvalue weighted by Crippen LogP contribution is -2.27. The number of ether oxygens (including phenoxy) is 2. The van der Waals surface area contributed by atoms with Crippen LogP contribution in [0.2, 0.25) is 0 Å². The van der Waals surface area contributed by atoms with Gasteiger partial charge in [-0.3, -0.25) is 14.6 Å². The lowest BCUT2D eigenvalue weighted by Gasteiger charge is -2.09. The number of carbonyl (C=O) groups excluding carboxylic acids is 1. The molecule has 0 atom stereocenters. The van der Waals surface area contributed by atoms with Crippen molar-refractivity contribution in [3.05, 3.63) is 50.8 Å². The maximum absolute atomic E-state index is 11.9. The summed E-state index contributed by atoms with van der Waals surface area (Å²) < 4.78 is 10.3. The van der Waals surface area contributed by atoms with Gasteiger partial charge >= 0.3 is 5.69 Å². The van der Waals surface area contributed by atoms with Crippen LogP contribution in [0.5, 0.6) is 11.5 Å². The lowest BCUT2D eigenvalue weighted by molar-refractivity contribution is -0.115. The van der Waals surface area contributed by atoms with Crippen molar-refractivity contribution in [3.8, 4) is 11.5 Å². The third kappa shape index (κ3) is 3.54. The fourth-order valence-corrected chi connectivity index (χ4v) is 1.87. The Balaban J connectivity index is 2.12. The molecule has 2 rings (SSSR count). The van der Waals surface area contributed by atoms with Crippen molar-refractivity contribution < 1.29 is 14.3 Å². The quantitative estimate of drug-likeness (QED) is 0.733. The molecule has 0 radical (unpaired) electrons. The van der Waals surface area contributed by atoms with Gasteiger partial charge in [0.25, 0.3) is 5.56 Å². The zero-order valence-electron chi connectivity index (χ0n) is 12.1. The van der Waals surface area contributed by atoms with Gasteiger partial charge < -0.3 is 19.8 Å². The van der Waals surface area contributed by atoms with Gasteiger partial charge in [0.2, 0.25) is 5.91 Å². The molecule has 8 heteroatoms. The van der Waals surface area contributed by atoms with Crippen LogP contribution in [-0.4, -0.2) is 30.1 Å². The Kier molecular flexibility index (Phi) is 4.62. The summed E-state index contributed by atoms with van der Waals surface area (Å²) in [5.41, 5.74) is -0.631. The van der Waals surface area contributed by atoms with E-state index in [1.165, 1.54) is 14.2 Å². The van der Waals surface area contributed by atoms with Crippen LogP contribution in [0.3, 0.4) is 0 Å². The molecule has 2 aromatic rings. The molecule has 116 valence electrons. The van der Waals surface area contributed by atoms with Crippen LogP contribution < -0.4 is 26.0 Å². The zero-order valence-corrected chi connectivity index (χ0v) is 12.1. The highest BCUT2D eigenvalue weighted by molar-refractivity contribution is 5.91. The first kappa shape index (κ1) is 15.4. The SMILES string of the molecule is COc1ccc(CC(=O)Nc2c[nH]c(=O)[nH]c2=O)cc1OC. The van der Waals surface area contributed by atoms with Gasteiger partial charge in [-0.05, 0) is 17.7 Å². The second-order valence-corrected chi connectivity index (χ2v) is 4.40. The van der Waals surface area contributed by atoms with Gasteiger partial charge in [-0.1, -0.05) is 6.07 Å². The van der Waals surface area contributed by atoms with Crippen molar-refractivity contribution in [2.75, 3.05) is 19.5 Å². The molecule has 0 aliphatic rings. The molecule has 1 amide bonds. The van der Waals surface area contributed by atoms with E-state index < -0.39 is 17.2 Å². The van der Waals surface area contributed by atoms with Gasteiger partial charge in [0.1, 0.15) is 5.69 Å². The Morgan fingerprint density at radius 2 is 1.91 bits per heavy atom. The molecule has 0 saturated heterocycles. The van der Waals surface area contributed by atoms with Crippen LogP contribution in [0.15, 0.2) is 34.0 Å². The Labute approximate surface area is 125 Å². The van der Waals surface area contributed by atoms with Gasteiger partial charge in [-0.25, -0.2) is 4.79 Å². The molecule has 0 spiro atoms. The number of anilines is 1. The van der Waals surface area contributed by atoms with E-state index in [-0.39, 0.29) is 12.1 Å². The maximum atomic E-state index is 11.9. The molecule has 0 bridgehead atoms. The molecule has 1 aromatic carbocycles. The third-order valence-corrected chi connectivity index (χ3v) is 2.91. The van der Waals surface area contributed by atoms with Gasteiger partial charge in [0.05, 0.1) is 20.6 Å². The van der Waals surface area contributed by atoms with Crippen LogP contribution in [0.25, 0.3) is 0 Å². The molecule has 8 nitrogen and oxygen atoms in total. The largest absolute Gasteiger partial charge is 0.493 e. The van der Waals surface area contributed by atoms with Crippen LogP contribution in [0.4, 0.5) is 5.69 Å². The smallest absolute Gasteiger partial charge is 0.325 e. The van der Waals surface area contributed by atoms with Gasteiger partial charge in [-0.15, -0.1) is 0 Å². The van der Waals surface area contributed by atoms with E-state index in [1.54, 1.807) is 18.2 Å². The summed E-state index contributed by atoms with van der Waals surface area (Å²) in [6.07, 6.45) is 1.19. The number of hydrogen-bond acceptors (Lipinski definition) is 5. The standard InChI is InChI=1S/C14H15N3O5/c1-21-10-4-3-8(5-11(10)22-2)6-12(18)16-9-7-15-14(20)17-13(9)19/h3-5,7H,6H2,1-2H3,(H,16,18)(H2,15,17,19,20). The first-order chi connectivity index (χ1) is 10.5. The summed E-state index contributed by atoms with van der Waals surface area (Å²) in [5, 5.41) is 2.43. The van der Waals surface area contributed by atoms with E-state index in [9.17, 15) is 14.4 Å².